The summed E-state index contributed by atoms with van der Waals surface area (Å²) in [5, 5.41) is 0. The molecule has 2 unspecified atom stereocenters. The van der Waals surface area contributed by atoms with Crippen LogP contribution in [0.5, 0.6) is 0 Å². The molecular formula is C15H28NO. The van der Waals surface area contributed by atoms with Crippen molar-refractivity contribution >= 4 is 0 Å². The van der Waals surface area contributed by atoms with Crippen LogP contribution in [0.25, 0.3) is 0 Å². The van der Waals surface area contributed by atoms with Crippen molar-refractivity contribution in [1.29, 1.82) is 0 Å². The molecule has 2 heteroatoms. The van der Waals surface area contributed by atoms with Gasteiger partial charge in [-0.25, -0.2) is 0 Å². The molecule has 0 aromatic rings. The van der Waals surface area contributed by atoms with E-state index >= 15 is 0 Å². The van der Waals surface area contributed by atoms with Crippen molar-refractivity contribution in [1.82, 2.24) is 4.90 Å². The molecule has 2 heterocycles. The summed E-state index contributed by atoms with van der Waals surface area (Å²) in [4.78, 5) is 2.60. The summed E-state index contributed by atoms with van der Waals surface area (Å²) in [6.45, 7) is 9.37. The van der Waals surface area contributed by atoms with Gasteiger partial charge in [-0.1, -0.05) is 13.8 Å². The second-order valence-corrected chi connectivity index (χ2v) is 5.52. The highest BCUT2D eigenvalue weighted by Crippen LogP contribution is 2.35. The summed E-state index contributed by atoms with van der Waals surface area (Å²) in [6, 6.07) is 0. The van der Waals surface area contributed by atoms with Gasteiger partial charge in [-0.05, 0) is 57.5 Å². The zero-order valence-corrected chi connectivity index (χ0v) is 11.6. The van der Waals surface area contributed by atoms with Crippen LogP contribution in [0.15, 0.2) is 0 Å². The van der Waals surface area contributed by atoms with Crippen molar-refractivity contribution in [3.05, 3.63) is 5.92 Å². The van der Waals surface area contributed by atoms with E-state index in [4.69, 9.17) is 4.74 Å². The number of hydrogen-bond donors (Lipinski definition) is 0. The van der Waals surface area contributed by atoms with Gasteiger partial charge in [0, 0.05) is 19.1 Å². The van der Waals surface area contributed by atoms with Crippen molar-refractivity contribution in [3.63, 3.8) is 0 Å². The number of ether oxygens (including phenoxy) is 1. The third-order valence-electron chi connectivity index (χ3n) is 4.48. The van der Waals surface area contributed by atoms with E-state index in [0.29, 0.717) is 6.10 Å². The fraction of sp³-hybridized carbons (Fsp3) is 0.933. The topological polar surface area (TPSA) is 12.5 Å². The van der Waals surface area contributed by atoms with Gasteiger partial charge in [0.1, 0.15) is 0 Å². The van der Waals surface area contributed by atoms with Gasteiger partial charge in [-0.3, -0.25) is 0 Å². The smallest absolute Gasteiger partial charge is 0.0640 e. The van der Waals surface area contributed by atoms with Gasteiger partial charge in [0.05, 0.1) is 6.10 Å². The lowest BCUT2D eigenvalue weighted by Crippen LogP contribution is -2.41. The maximum absolute atomic E-state index is 6.00. The molecule has 2 rings (SSSR count). The number of rotatable bonds is 4. The number of hydrogen-bond acceptors (Lipinski definition) is 2. The SMILES string of the molecule is CC[C](C1CCCN(CC)C1)C1CCCCO1. The van der Waals surface area contributed by atoms with Gasteiger partial charge in [0.15, 0.2) is 0 Å². The third-order valence-corrected chi connectivity index (χ3v) is 4.48. The van der Waals surface area contributed by atoms with E-state index in [1.165, 1.54) is 58.2 Å². The zero-order valence-electron chi connectivity index (χ0n) is 11.6. The third kappa shape index (κ3) is 3.45. The molecule has 99 valence electrons. The summed E-state index contributed by atoms with van der Waals surface area (Å²) in [7, 11) is 0. The predicted molar refractivity (Wildman–Crippen MR) is 72.0 cm³/mol. The Morgan fingerprint density at radius 1 is 1.18 bits per heavy atom. The quantitative estimate of drug-likeness (QED) is 0.745. The average Bonchev–Trinajstić information content (AvgIpc) is 2.41. The minimum atomic E-state index is 0.482. The highest BCUT2D eigenvalue weighted by molar-refractivity contribution is 5.05. The number of piperidine rings is 1. The molecule has 2 aliphatic heterocycles. The van der Waals surface area contributed by atoms with Gasteiger partial charge < -0.3 is 9.64 Å². The van der Waals surface area contributed by atoms with E-state index in [9.17, 15) is 0 Å². The molecule has 2 atom stereocenters. The molecule has 0 aromatic heterocycles. The summed E-state index contributed by atoms with van der Waals surface area (Å²) in [6.07, 6.45) is 8.35. The zero-order chi connectivity index (χ0) is 12.1. The van der Waals surface area contributed by atoms with Crippen LogP contribution >= 0.6 is 0 Å². The molecule has 1 radical (unpaired) electrons. The number of likely N-dealkylation sites (tertiary alicyclic amines) is 1. The van der Waals surface area contributed by atoms with E-state index in [0.717, 1.165) is 12.5 Å². The van der Waals surface area contributed by atoms with Gasteiger partial charge in [0.2, 0.25) is 0 Å². The van der Waals surface area contributed by atoms with Crippen LogP contribution in [0.2, 0.25) is 0 Å². The summed E-state index contributed by atoms with van der Waals surface area (Å²) in [5.41, 5.74) is 0. The summed E-state index contributed by atoms with van der Waals surface area (Å²) in [5.74, 6) is 2.51. The Balaban J connectivity index is 1.91. The van der Waals surface area contributed by atoms with Crippen molar-refractivity contribution in [2.24, 2.45) is 5.92 Å². The van der Waals surface area contributed by atoms with Crippen molar-refractivity contribution < 1.29 is 4.74 Å². The molecule has 2 aliphatic rings. The average molecular weight is 238 g/mol. The first-order valence-electron chi connectivity index (χ1n) is 7.54. The Morgan fingerprint density at radius 2 is 2.06 bits per heavy atom. The van der Waals surface area contributed by atoms with E-state index < -0.39 is 0 Å². The fourth-order valence-corrected chi connectivity index (χ4v) is 3.46. The Hall–Kier alpha value is -0.0800. The van der Waals surface area contributed by atoms with Crippen molar-refractivity contribution in [2.75, 3.05) is 26.2 Å². The van der Waals surface area contributed by atoms with Crippen LogP contribution in [0, 0.1) is 11.8 Å². The van der Waals surface area contributed by atoms with Gasteiger partial charge >= 0.3 is 0 Å². The molecule has 2 saturated heterocycles. The second kappa shape index (κ2) is 6.75. The van der Waals surface area contributed by atoms with Crippen molar-refractivity contribution in [2.45, 2.75) is 58.5 Å². The number of nitrogens with zero attached hydrogens (tertiary/aromatic N) is 1. The first kappa shape index (κ1) is 13.4. The predicted octanol–water partition coefficient (Wildman–Crippen LogP) is 3.27. The van der Waals surface area contributed by atoms with E-state index in [-0.39, 0.29) is 0 Å². The van der Waals surface area contributed by atoms with Crippen LogP contribution in [0.3, 0.4) is 0 Å². The minimum absolute atomic E-state index is 0.482. The normalized spacial score (nSPS) is 31.9. The summed E-state index contributed by atoms with van der Waals surface area (Å²) < 4.78 is 6.00. The van der Waals surface area contributed by atoms with Crippen LogP contribution in [0.4, 0.5) is 0 Å². The fourth-order valence-electron chi connectivity index (χ4n) is 3.46. The van der Waals surface area contributed by atoms with Crippen LogP contribution < -0.4 is 0 Å². The Labute approximate surface area is 107 Å². The molecule has 0 amide bonds. The molecule has 0 N–H and O–H groups in total. The van der Waals surface area contributed by atoms with Gasteiger partial charge in [-0.2, -0.15) is 0 Å². The highest BCUT2D eigenvalue weighted by atomic mass is 16.5. The highest BCUT2D eigenvalue weighted by Gasteiger charge is 2.33. The van der Waals surface area contributed by atoms with E-state index in [1.54, 1.807) is 5.92 Å². The molecule has 2 nitrogen and oxygen atoms in total. The molecule has 0 saturated carbocycles. The first-order chi connectivity index (χ1) is 8.35. The Bertz CT molecular complexity index is 213. The molecule has 0 bridgehead atoms. The lowest BCUT2D eigenvalue weighted by Gasteiger charge is -2.40. The van der Waals surface area contributed by atoms with Crippen LogP contribution in [0.1, 0.15) is 52.4 Å². The molecule has 0 spiro atoms. The first-order valence-corrected chi connectivity index (χ1v) is 7.54. The summed E-state index contributed by atoms with van der Waals surface area (Å²) >= 11 is 0. The Morgan fingerprint density at radius 3 is 2.71 bits per heavy atom. The second-order valence-electron chi connectivity index (χ2n) is 5.52. The molecule has 0 aromatic carbocycles. The monoisotopic (exact) mass is 238 g/mol. The van der Waals surface area contributed by atoms with Gasteiger partial charge in [0.25, 0.3) is 0 Å². The maximum atomic E-state index is 6.00. The minimum Gasteiger partial charge on any atom is -0.378 e. The van der Waals surface area contributed by atoms with Gasteiger partial charge in [-0.15, -0.1) is 0 Å². The van der Waals surface area contributed by atoms with Crippen LogP contribution in [-0.2, 0) is 4.74 Å². The molecule has 17 heavy (non-hydrogen) atoms. The molecule has 0 aliphatic carbocycles. The lowest BCUT2D eigenvalue weighted by atomic mass is 9.78. The molecule has 2 fully saturated rings. The molecular weight excluding hydrogens is 210 g/mol. The maximum Gasteiger partial charge on any atom is 0.0640 e. The lowest BCUT2D eigenvalue weighted by molar-refractivity contribution is 0.00762. The standard InChI is InChI=1S/C15H28NO/c1-3-14(15-9-5-6-11-17-15)13-8-7-10-16(4-2)12-13/h13,15H,3-12H2,1-2H3. The Kier molecular flexibility index (Phi) is 5.30. The van der Waals surface area contributed by atoms with Crippen molar-refractivity contribution in [3.8, 4) is 0 Å². The van der Waals surface area contributed by atoms with E-state index in [1.807, 2.05) is 0 Å². The van der Waals surface area contributed by atoms with Crippen LogP contribution in [-0.4, -0.2) is 37.2 Å². The van der Waals surface area contributed by atoms with E-state index in [2.05, 4.69) is 18.7 Å². The largest absolute Gasteiger partial charge is 0.378 e.